The van der Waals surface area contributed by atoms with Crippen LogP contribution in [0.5, 0.6) is 17.2 Å². The largest absolute Gasteiger partial charge is 0.490 e. The van der Waals surface area contributed by atoms with Gasteiger partial charge < -0.3 is 19.1 Å². The number of rotatable bonds is 4. The molecule has 0 radical (unpaired) electrons. The maximum absolute atomic E-state index is 12.7. The van der Waals surface area contributed by atoms with Crippen molar-refractivity contribution in [3.63, 3.8) is 0 Å². The second-order valence-corrected chi connectivity index (χ2v) is 7.93. The third-order valence-electron chi connectivity index (χ3n) is 4.39. The normalized spacial score (nSPS) is 15.2. The molecule has 0 bridgehead atoms. The van der Waals surface area contributed by atoms with Gasteiger partial charge in [0.25, 0.3) is 0 Å². The average Bonchev–Trinajstić information content (AvgIpc) is 3.13. The molecule has 0 saturated carbocycles. The molecule has 2 heterocycles. The highest BCUT2D eigenvalue weighted by atomic mass is 32.2. The number of hydrogen-bond donors (Lipinski definition) is 1. The van der Waals surface area contributed by atoms with E-state index >= 15 is 0 Å². The van der Waals surface area contributed by atoms with Gasteiger partial charge in [-0.3, -0.25) is 4.79 Å². The quantitative estimate of drug-likeness (QED) is 0.853. The van der Waals surface area contributed by atoms with Crippen LogP contribution in [0.2, 0.25) is 0 Å². The molecule has 2 aliphatic rings. The van der Waals surface area contributed by atoms with Crippen molar-refractivity contribution in [1.82, 2.24) is 4.72 Å². The maximum atomic E-state index is 12.7. The van der Waals surface area contributed by atoms with Crippen LogP contribution in [0.1, 0.15) is 12.5 Å². The van der Waals surface area contributed by atoms with Crippen LogP contribution < -0.4 is 23.8 Å². The van der Waals surface area contributed by atoms with Crippen LogP contribution in [0.15, 0.2) is 41.3 Å². The summed E-state index contributed by atoms with van der Waals surface area (Å²) < 4.78 is 44.0. The third kappa shape index (κ3) is 3.43. The number of nitrogens with one attached hydrogen (secondary N) is 1. The Hall–Kier alpha value is -2.78. The number of sulfonamides is 1. The summed E-state index contributed by atoms with van der Waals surface area (Å²) in [6, 6.07) is 9.74. The van der Waals surface area contributed by atoms with Crippen molar-refractivity contribution in [1.29, 1.82) is 0 Å². The van der Waals surface area contributed by atoms with E-state index in [1.165, 1.54) is 24.0 Å². The van der Waals surface area contributed by atoms with Gasteiger partial charge in [-0.15, -0.1) is 0 Å². The van der Waals surface area contributed by atoms with E-state index in [2.05, 4.69) is 4.72 Å². The van der Waals surface area contributed by atoms with Crippen molar-refractivity contribution in [3.05, 3.63) is 42.0 Å². The number of anilines is 1. The summed E-state index contributed by atoms with van der Waals surface area (Å²) in [7, 11) is -3.77. The Morgan fingerprint density at radius 3 is 2.67 bits per heavy atom. The van der Waals surface area contributed by atoms with E-state index in [9.17, 15) is 13.2 Å². The number of carbonyl (C=O) groups is 1. The molecule has 2 aromatic carbocycles. The summed E-state index contributed by atoms with van der Waals surface area (Å²) in [5, 5.41) is 0. The fraction of sp³-hybridized carbons (Fsp3) is 0.278. The highest BCUT2D eigenvalue weighted by Gasteiger charge is 2.24. The van der Waals surface area contributed by atoms with E-state index < -0.39 is 10.0 Å². The monoisotopic (exact) mass is 390 g/mol. The molecule has 0 unspecified atom stereocenters. The van der Waals surface area contributed by atoms with Crippen LogP contribution in [0, 0.1) is 0 Å². The van der Waals surface area contributed by atoms with Crippen molar-refractivity contribution in [2.75, 3.05) is 24.8 Å². The van der Waals surface area contributed by atoms with Crippen molar-refractivity contribution in [2.24, 2.45) is 0 Å². The lowest BCUT2D eigenvalue weighted by Gasteiger charge is -2.29. The fourth-order valence-corrected chi connectivity index (χ4v) is 4.04. The van der Waals surface area contributed by atoms with Crippen molar-refractivity contribution in [2.45, 2.75) is 18.4 Å². The molecule has 2 aliphatic heterocycles. The molecule has 0 aliphatic carbocycles. The Morgan fingerprint density at radius 2 is 1.85 bits per heavy atom. The molecule has 0 atom stereocenters. The number of nitrogens with zero attached hydrogens (tertiary/aromatic N) is 1. The second-order valence-electron chi connectivity index (χ2n) is 6.16. The Balaban J connectivity index is 1.55. The first-order valence-electron chi connectivity index (χ1n) is 8.37. The average molecular weight is 390 g/mol. The predicted octanol–water partition coefficient (Wildman–Crippen LogP) is 1.64. The standard InChI is InChI=1S/C18H18N2O6S/c1-12(21)20-6-7-24-16-5-3-14(9-15(16)20)27(22,23)19-10-13-2-4-17-18(8-13)26-11-25-17/h2-5,8-9,19H,6-7,10-11H2,1H3. The zero-order chi connectivity index (χ0) is 19.0. The summed E-state index contributed by atoms with van der Waals surface area (Å²) in [6.07, 6.45) is 0. The molecule has 1 amide bonds. The van der Waals surface area contributed by atoms with E-state index in [1.54, 1.807) is 24.3 Å². The molecular formula is C18H18N2O6S. The number of ether oxygens (including phenoxy) is 3. The van der Waals surface area contributed by atoms with Crippen LogP contribution in [0.25, 0.3) is 0 Å². The highest BCUT2D eigenvalue weighted by Crippen LogP contribution is 2.34. The molecule has 9 heteroatoms. The first kappa shape index (κ1) is 17.6. The first-order valence-corrected chi connectivity index (χ1v) is 9.85. The van der Waals surface area contributed by atoms with Crippen molar-refractivity contribution >= 4 is 21.6 Å². The van der Waals surface area contributed by atoms with Gasteiger partial charge >= 0.3 is 0 Å². The van der Waals surface area contributed by atoms with E-state index in [1.807, 2.05) is 0 Å². The summed E-state index contributed by atoms with van der Waals surface area (Å²) in [4.78, 5) is 13.4. The zero-order valence-corrected chi connectivity index (χ0v) is 15.4. The molecule has 0 aromatic heterocycles. The van der Waals surface area contributed by atoms with Gasteiger partial charge in [-0.05, 0) is 35.9 Å². The zero-order valence-electron chi connectivity index (χ0n) is 14.6. The summed E-state index contributed by atoms with van der Waals surface area (Å²) in [5.74, 6) is 1.56. The summed E-state index contributed by atoms with van der Waals surface area (Å²) >= 11 is 0. The number of carbonyl (C=O) groups excluding carboxylic acids is 1. The van der Waals surface area contributed by atoms with E-state index in [0.29, 0.717) is 36.1 Å². The molecular weight excluding hydrogens is 372 g/mol. The highest BCUT2D eigenvalue weighted by molar-refractivity contribution is 7.89. The lowest BCUT2D eigenvalue weighted by atomic mass is 10.2. The minimum absolute atomic E-state index is 0.0683. The summed E-state index contributed by atoms with van der Waals surface area (Å²) in [6.45, 7) is 2.46. The molecule has 0 spiro atoms. The van der Waals surface area contributed by atoms with Crippen LogP contribution in [-0.4, -0.2) is 34.3 Å². The Morgan fingerprint density at radius 1 is 1.07 bits per heavy atom. The number of benzene rings is 2. The van der Waals surface area contributed by atoms with E-state index in [0.717, 1.165) is 5.56 Å². The van der Waals surface area contributed by atoms with Crippen LogP contribution in [0.4, 0.5) is 5.69 Å². The third-order valence-corrected chi connectivity index (χ3v) is 5.79. The maximum Gasteiger partial charge on any atom is 0.240 e. The number of fused-ring (bicyclic) bond motifs is 2. The van der Waals surface area contributed by atoms with Crippen LogP contribution >= 0.6 is 0 Å². The molecule has 2 aromatic rings. The van der Waals surface area contributed by atoms with Gasteiger partial charge in [0.1, 0.15) is 12.4 Å². The van der Waals surface area contributed by atoms with Crippen LogP contribution in [-0.2, 0) is 21.4 Å². The summed E-state index contributed by atoms with van der Waals surface area (Å²) in [5.41, 5.74) is 1.20. The van der Waals surface area contributed by atoms with Crippen molar-refractivity contribution in [3.8, 4) is 17.2 Å². The van der Waals surface area contributed by atoms with Crippen molar-refractivity contribution < 1.29 is 27.4 Å². The van der Waals surface area contributed by atoms with E-state index in [4.69, 9.17) is 14.2 Å². The predicted molar refractivity (Wildman–Crippen MR) is 96.6 cm³/mol. The topological polar surface area (TPSA) is 94.2 Å². The minimum atomic E-state index is -3.77. The lowest BCUT2D eigenvalue weighted by Crippen LogP contribution is -2.36. The second kappa shape index (κ2) is 6.75. The Bertz CT molecular complexity index is 1000. The molecule has 4 rings (SSSR count). The van der Waals surface area contributed by atoms with Gasteiger partial charge in [0, 0.05) is 13.5 Å². The van der Waals surface area contributed by atoms with Gasteiger partial charge in [-0.1, -0.05) is 6.07 Å². The molecule has 27 heavy (non-hydrogen) atoms. The molecule has 8 nitrogen and oxygen atoms in total. The van der Waals surface area contributed by atoms with Gasteiger partial charge in [0.15, 0.2) is 11.5 Å². The molecule has 0 saturated heterocycles. The SMILES string of the molecule is CC(=O)N1CCOc2ccc(S(=O)(=O)NCc3ccc4c(c3)OCO4)cc21. The number of amides is 1. The fourth-order valence-electron chi connectivity index (χ4n) is 3.00. The molecule has 0 fully saturated rings. The van der Waals surface area contributed by atoms with Crippen LogP contribution in [0.3, 0.4) is 0 Å². The molecule has 142 valence electrons. The van der Waals surface area contributed by atoms with Gasteiger partial charge in [-0.25, -0.2) is 13.1 Å². The number of hydrogen-bond acceptors (Lipinski definition) is 6. The molecule has 1 N–H and O–H groups in total. The first-order chi connectivity index (χ1) is 12.9. The smallest absolute Gasteiger partial charge is 0.240 e. The van der Waals surface area contributed by atoms with Gasteiger partial charge in [0.05, 0.1) is 17.1 Å². The lowest BCUT2D eigenvalue weighted by molar-refractivity contribution is -0.116. The van der Waals surface area contributed by atoms with Gasteiger partial charge in [0.2, 0.25) is 22.7 Å². The Labute approximate surface area is 156 Å². The van der Waals surface area contributed by atoms with E-state index in [-0.39, 0.29) is 24.1 Å². The minimum Gasteiger partial charge on any atom is -0.490 e. The Kier molecular flexibility index (Phi) is 4.40. The van der Waals surface area contributed by atoms with Gasteiger partial charge in [-0.2, -0.15) is 0 Å².